The first-order valence-corrected chi connectivity index (χ1v) is 11.2. The van der Waals surface area contributed by atoms with E-state index in [1.165, 1.54) is 17.7 Å². The molecule has 0 saturated carbocycles. The maximum atomic E-state index is 12.4. The van der Waals surface area contributed by atoms with Crippen LogP contribution in [0.25, 0.3) is 0 Å². The van der Waals surface area contributed by atoms with E-state index in [0.29, 0.717) is 13.2 Å². The third-order valence-electron chi connectivity index (χ3n) is 4.34. The molecule has 1 atom stereocenters. The molecule has 5 nitrogen and oxygen atoms in total. The topological polar surface area (TPSA) is 58.6 Å². The minimum atomic E-state index is -4.41. The van der Waals surface area contributed by atoms with E-state index >= 15 is 0 Å². The van der Waals surface area contributed by atoms with E-state index in [9.17, 15) is 21.6 Å². The molecule has 0 radical (unpaired) electrons. The Bertz CT molecular complexity index is 891. The Balaban J connectivity index is 1.54. The maximum Gasteiger partial charge on any atom is 0.446 e. The molecular formula is C19H21F3N2O3S2. The Labute approximate surface area is 172 Å². The first-order valence-electron chi connectivity index (χ1n) is 8.95. The zero-order chi connectivity index (χ0) is 20.9. The van der Waals surface area contributed by atoms with Crippen molar-refractivity contribution in [2.24, 2.45) is 0 Å². The highest BCUT2D eigenvalue weighted by Crippen LogP contribution is 2.36. The van der Waals surface area contributed by atoms with Gasteiger partial charge < -0.3 is 4.74 Å². The lowest BCUT2D eigenvalue weighted by Gasteiger charge is -2.33. The van der Waals surface area contributed by atoms with Crippen LogP contribution in [-0.2, 0) is 21.3 Å². The van der Waals surface area contributed by atoms with Gasteiger partial charge in [-0.25, -0.2) is 13.1 Å². The van der Waals surface area contributed by atoms with E-state index in [2.05, 4.69) is 9.62 Å². The second kappa shape index (κ2) is 9.48. The fourth-order valence-electron chi connectivity index (χ4n) is 3.00. The smallest absolute Gasteiger partial charge is 0.374 e. The van der Waals surface area contributed by atoms with Crippen LogP contribution in [0, 0.1) is 0 Å². The molecule has 158 valence electrons. The number of nitrogens with zero attached hydrogens (tertiary/aromatic N) is 1. The molecule has 1 heterocycles. The summed E-state index contributed by atoms with van der Waals surface area (Å²) in [4.78, 5) is 2.05. The summed E-state index contributed by atoms with van der Waals surface area (Å²) in [5.74, 6) is 0. The highest BCUT2D eigenvalue weighted by atomic mass is 32.2. The average Bonchev–Trinajstić information content (AvgIpc) is 2.67. The van der Waals surface area contributed by atoms with E-state index in [4.69, 9.17) is 4.74 Å². The summed E-state index contributed by atoms with van der Waals surface area (Å²) < 4.78 is 70.2. The summed E-state index contributed by atoms with van der Waals surface area (Å²) in [6.45, 7) is 2.69. The van der Waals surface area contributed by atoms with E-state index in [1.807, 2.05) is 30.3 Å². The van der Waals surface area contributed by atoms with Gasteiger partial charge in [-0.1, -0.05) is 30.3 Å². The first kappa shape index (κ1) is 22.1. The van der Waals surface area contributed by atoms with Crippen LogP contribution in [0.15, 0.2) is 64.4 Å². The molecule has 2 aromatic carbocycles. The lowest BCUT2D eigenvalue weighted by Crippen LogP contribution is -2.47. The molecule has 1 aliphatic rings. The zero-order valence-electron chi connectivity index (χ0n) is 15.4. The molecule has 29 heavy (non-hydrogen) atoms. The quantitative estimate of drug-likeness (QED) is 0.660. The molecule has 0 spiro atoms. The molecule has 1 unspecified atom stereocenters. The van der Waals surface area contributed by atoms with Crippen molar-refractivity contribution in [2.45, 2.75) is 27.9 Å². The average molecular weight is 447 g/mol. The Kier molecular flexibility index (Phi) is 7.23. The van der Waals surface area contributed by atoms with Gasteiger partial charge in [0.05, 0.1) is 17.6 Å². The van der Waals surface area contributed by atoms with Crippen molar-refractivity contribution >= 4 is 21.8 Å². The molecular weight excluding hydrogens is 425 g/mol. The minimum Gasteiger partial charge on any atom is -0.374 e. The molecule has 2 aromatic rings. The van der Waals surface area contributed by atoms with Gasteiger partial charge in [0.1, 0.15) is 0 Å². The molecule has 0 amide bonds. The Morgan fingerprint density at radius 2 is 1.79 bits per heavy atom. The van der Waals surface area contributed by atoms with Gasteiger partial charge in [-0.05, 0) is 41.6 Å². The van der Waals surface area contributed by atoms with Crippen molar-refractivity contribution in [1.82, 2.24) is 9.62 Å². The number of hydrogen-bond acceptors (Lipinski definition) is 5. The molecule has 10 heteroatoms. The molecule has 0 aliphatic carbocycles. The fourth-order valence-corrected chi connectivity index (χ4v) is 4.60. The van der Waals surface area contributed by atoms with Crippen LogP contribution in [0.4, 0.5) is 13.2 Å². The predicted octanol–water partition coefficient (Wildman–Crippen LogP) is 3.48. The molecule has 0 aromatic heterocycles. The number of thioether (sulfide) groups is 1. The highest BCUT2D eigenvalue weighted by Gasteiger charge is 2.29. The minimum absolute atomic E-state index is 0.0661. The van der Waals surface area contributed by atoms with Crippen LogP contribution >= 0.6 is 11.8 Å². The second-order valence-electron chi connectivity index (χ2n) is 6.58. The van der Waals surface area contributed by atoms with E-state index in [-0.39, 0.29) is 34.2 Å². The monoisotopic (exact) mass is 446 g/mol. The van der Waals surface area contributed by atoms with Gasteiger partial charge in [-0.2, -0.15) is 13.2 Å². The number of hydrogen-bond donors (Lipinski definition) is 1. The number of ether oxygens (including phenoxy) is 1. The lowest BCUT2D eigenvalue weighted by molar-refractivity contribution is -0.0328. The second-order valence-corrected chi connectivity index (χ2v) is 9.49. The summed E-state index contributed by atoms with van der Waals surface area (Å²) in [5.41, 5.74) is -3.24. The largest absolute Gasteiger partial charge is 0.446 e. The number of benzene rings is 2. The number of alkyl halides is 3. The molecule has 1 saturated heterocycles. The maximum absolute atomic E-state index is 12.4. The van der Waals surface area contributed by atoms with Crippen LogP contribution in [0.1, 0.15) is 5.56 Å². The van der Waals surface area contributed by atoms with Crippen molar-refractivity contribution in [3.8, 4) is 0 Å². The van der Waals surface area contributed by atoms with E-state index in [1.54, 1.807) is 0 Å². The number of nitrogens with one attached hydrogen (secondary N) is 1. The zero-order valence-corrected chi connectivity index (χ0v) is 17.1. The summed E-state index contributed by atoms with van der Waals surface area (Å²) in [6, 6.07) is 14.6. The van der Waals surface area contributed by atoms with Gasteiger partial charge in [0.15, 0.2) is 0 Å². The Morgan fingerprint density at radius 1 is 1.10 bits per heavy atom. The van der Waals surface area contributed by atoms with E-state index < -0.39 is 15.5 Å². The Morgan fingerprint density at radius 3 is 2.45 bits per heavy atom. The van der Waals surface area contributed by atoms with Gasteiger partial charge in [0.25, 0.3) is 0 Å². The van der Waals surface area contributed by atoms with Gasteiger partial charge in [-0.15, -0.1) is 0 Å². The summed E-state index contributed by atoms with van der Waals surface area (Å²) in [5, 5.41) is 0. The van der Waals surface area contributed by atoms with E-state index in [0.717, 1.165) is 25.2 Å². The number of rotatable bonds is 7. The molecule has 3 rings (SSSR count). The summed E-state index contributed by atoms with van der Waals surface area (Å²) in [6.07, 6.45) is -0.303. The van der Waals surface area contributed by atoms with Gasteiger partial charge in [0, 0.05) is 31.1 Å². The fraction of sp³-hybridized carbons (Fsp3) is 0.368. The first-order chi connectivity index (χ1) is 13.7. The van der Waals surface area contributed by atoms with Crippen molar-refractivity contribution in [3.05, 3.63) is 60.2 Å². The molecule has 1 aliphatic heterocycles. The van der Waals surface area contributed by atoms with Crippen LogP contribution in [-0.4, -0.2) is 51.2 Å². The van der Waals surface area contributed by atoms with Crippen molar-refractivity contribution < 1.29 is 26.3 Å². The SMILES string of the molecule is O=S(=O)(NCC1CN(Cc2ccccc2)CCO1)c1ccc(SC(F)(F)F)cc1. The number of halogens is 3. The Hall–Kier alpha value is -1.59. The summed E-state index contributed by atoms with van der Waals surface area (Å²) in [7, 11) is -3.84. The van der Waals surface area contributed by atoms with Gasteiger partial charge in [0.2, 0.25) is 10.0 Å². The normalized spacial score (nSPS) is 18.7. The van der Waals surface area contributed by atoms with Crippen molar-refractivity contribution in [1.29, 1.82) is 0 Å². The number of morpholine rings is 1. The van der Waals surface area contributed by atoms with Gasteiger partial charge in [-0.3, -0.25) is 4.90 Å². The highest BCUT2D eigenvalue weighted by molar-refractivity contribution is 8.00. The van der Waals surface area contributed by atoms with Crippen molar-refractivity contribution in [3.63, 3.8) is 0 Å². The summed E-state index contributed by atoms with van der Waals surface area (Å²) >= 11 is -0.284. The standard InChI is InChI=1S/C19H21F3N2O3S2/c20-19(21,22)28-17-6-8-18(9-7-17)29(25,26)23-12-16-14-24(10-11-27-16)13-15-4-2-1-3-5-15/h1-9,16,23H,10-14H2. The number of sulfonamides is 1. The third-order valence-corrected chi connectivity index (χ3v) is 6.52. The molecule has 1 fully saturated rings. The van der Waals surface area contributed by atoms with Crippen LogP contribution in [0.3, 0.4) is 0 Å². The van der Waals surface area contributed by atoms with Gasteiger partial charge >= 0.3 is 5.51 Å². The lowest BCUT2D eigenvalue weighted by atomic mass is 10.2. The van der Waals surface area contributed by atoms with Crippen LogP contribution in [0.5, 0.6) is 0 Å². The predicted molar refractivity (Wildman–Crippen MR) is 105 cm³/mol. The van der Waals surface area contributed by atoms with Crippen LogP contribution in [0.2, 0.25) is 0 Å². The third kappa shape index (κ3) is 7.00. The van der Waals surface area contributed by atoms with Crippen molar-refractivity contribution in [2.75, 3.05) is 26.2 Å². The molecule has 1 N–H and O–H groups in total. The van der Waals surface area contributed by atoms with Crippen LogP contribution < -0.4 is 4.72 Å². The molecule has 0 bridgehead atoms.